The number of aryl methyl sites for hydroxylation is 1. The molecule has 2 aromatic rings. The number of hydrogen-bond acceptors (Lipinski definition) is 4. The zero-order valence-electron chi connectivity index (χ0n) is 16.1. The second-order valence-electron chi connectivity index (χ2n) is 7.63. The third-order valence-electron chi connectivity index (χ3n) is 5.75. The average molecular weight is 431 g/mol. The number of hydrogen-bond donors (Lipinski definition) is 1. The molecule has 0 saturated carbocycles. The Hall–Kier alpha value is -2.77. The van der Waals surface area contributed by atoms with Crippen molar-refractivity contribution in [2.24, 2.45) is 0 Å². The van der Waals surface area contributed by atoms with Gasteiger partial charge in [0.25, 0.3) is 5.91 Å². The Bertz CT molecular complexity index is 1020. The van der Waals surface area contributed by atoms with E-state index in [0.717, 1.165) is 17.7 Å². The van der Waals surface area contributed by atoms with Gasteiger partial charge in [0.1, 0.15) is 5.82 Å². The molecule has 6 nitrogen and oxygen atoms in total. The zero-order chi connectivity index (χ0) is 21.5. The first-order chi connectivity index (χ1) is 14.3. The van der Waals surface area contributed by atoms with Crippen molar-refractivity contribution in [2.75, 3.05) is 22.9 Å². The van der Waals surface area contributed by atoms with Crippen LogP contribution >= 0.6 is 11.6 Å². The lowest BCUT2D eigenvalue weighted by atomic mass is 9.92. The number of aliphatic hydroxyl groups is 1. The van der Waals surface area contributed by atoms with Gasteiger partial charge in [0, 0.05) is 42.3 Å². The summed E-state index contributed by atoms with van der Waals surface area (Å²) >= 11 is 5.83. The number of anilines is 2. The molecule has 8 heteroatoms. The Labute approximate surface area is 177 Å². The zero-order valence-corrected chi connectivity index (χ0v) is 16.9. The second kappa shape index (κ2) is 7.81. The van der Waals surface area contributed by atoms with Gasteiger partial charge in [-0.15, -0.1) is 0 Å². The van der Waals surface area contributed by atoms with Crippen LogP contribution in [0, 0.1) is 5.82 Å². The van der Waals surface area contributed by atoms with Crippen molar-refractivity contribution < 1.29 is 23.9 Å². The molecule has 2 amide bonds. The van der Waals surface area contributed by atoms with Crippen molar-refractivity contribution in [3.63, 3.8) is 0 Å². The summed E-state index contributed by atoms with van der Waals surface area (Å²) in [5.41, 5.74) is 0.771. The van der Waals surface area contributed by atoms with Crippen molar-refractivity contribution >= 4 is 41.1 Å². The summed E-state index contributed by atoms with van der Waals surface area (Å²) in [6.07, 6.45) is 1.52. The molecular weight excluding hydrogens is 411 g/mol. The Balaban J connectivity index is 1.47. The van der Waals surface area contributed by atoms with Gasteiger partial charge in [-0.1, -0.05) is 11.6 Å². The number of carbonyl (C=O) groups is 3. The van der Waals surface area contributed by atoms with Crippen molar-refractivity contribution in [3.05, 3.63) is 58.4 Å². The van der Waals surface area contributed by atoms with Crippen LogP contribution < -0.4 is 9.80 Å². The normalized spacial score (nSPS) is 20.6. The number of amides is 2. The van der Waals surface area contributed by atoms with Gasteiger partial charge in [-0.05, 0) is 60.4 Å². The Morgan fingerprint density at radius 2 is 2.03 bits per heavy atom. The maximum Gasteiger partial charge on any atom is 0.266 e. The molecule has 2 aliphatic rings. The number of fused-ring (bicyclic) bond motifs is 1. The van der Waals surface area contributed by atoms with Crippen LogP contribution in [0.1, 0.15) is 24.0 Å². The standard InChI is InChI=1S/C22H20ClFN2O4/c23-16-9-14(10-17(24)12-16)1-4-20(28)22(30)6-8-26(21(22)29)18-2-3-19-15(11-18)5-7-25(19)13-27/h2-3,9-13,30H,1,4-8H2/t22-/m0/s1. The molecule has 0 spiro atoms. The van der Waals surface area contributed by atoms with Crippen LogP contribution in [0.25, 0.3) is 0 Å². The lowest BCUT2D eigenvalue weighted by Gasteiger charge is -2.22. The molecule has 156 valence electrons. The molecule has 4 rings (SSSR count). The van der Waals surface area contributed by atoms with E-state index in [1.807, 2.05) is 6.07 Å². The van der Waals surface area contributed by atoms with Crippen molar-refractivity contribution in [2.45, 2.75) is 31.3 Å². The van der Waals surface area contributed by atoms with Crippen LogP contribution in [-0.4, -0.2) is 41.9 Å². The third-order valence-corrected chi connectivity index (χ3v) is 5.97. The molecule has 2 aliphatic heterocycles. The smallest absolute Gasteiger partial charge is 0.266 e. The highest BCUT2D eigenvalue weighted by Gasteiger charge is 2.50. The van der Waals surface area contributed by atoms with Gasteiger partial charge in [-0.2, -0.15) is 0 Å². The number of Topliss-reactive ketones (excluding diaryl/α,β-unsaturated/α-hetero) is 1. The fourth-order valence-electron chi connectivity index (χ4n) is 4.12. The maximum absolute atomic E-state index is 13.5. The van der Waals surface area contributed by atoms with Crippen LogP contribution in [0.15, 0.2) is 36.4 Å². The summed E-state index contributed by atoms with van der Waals surface area (Å²) in [4.78, 5) is 39.7. The minimum Gasteiger partial charge on any atom is -0.373 e. The topological polar surface area (TPSA) is 77.9 Å². The number of carbonyl (C=O) groups excluding carboxylic acids is 3. The Morgan fingerprint density at radius 3 is 2.77 bits per heavy atom. The number of benzene rings is 2. The largest absolute Gasteiger partial charge is 0.373 e. The van der Waals surface area contributed by atoms with Gasteiger partial charge in [-0.3, -0.25) is 14.4 Å². The van der Waals surface area contributed by atoms with E-state index in [9.17, 15) is 23.9 Å². The minimum absolute atomic E-state index is 0.00782. The molecule has 2 aromatic carbocycles. The number of ketones is 1. The summed E-state index contributed by atoms with van der Waals surface area (Å²) in [6, 6.07) is 9.30. The van der Waals surface area contributed by atoms with Crippen LogP contribution in [-0.2, 0) is 27.2 Å². The first-order valence-corrected chi connectivity index (χ1v) is 10.1. The molecule has 30 heavy (non-hydrogen) atoms. The fourth-order valence-corrected chi connectivity index (χ4v) is 4.37. The molecule has 0 aromatic heterocycles. The van der Waals surface area contributed by atoms with Gasteiger partial charge in [-0.25, -0.2) is 4.39 Å². The molecule has 0 unspecified atom stereocenters. The van der Waals surface area contributed by atoms with Crippen LogP contribution in [0.4, 0.5) is 15.8 Å². The lowest BCUT2D eigenvalue weighted by molar-refractivity contribution is -0.147. The molecule has 0 aliphatic carbocycles. The summed E-state index contributed by atoms with van der Waals surface area (Å²) < 4.78 is 13.5. The van der Waals surface area contributed by atoms with Crippen LogP contribution in [0.5, 0.6) is 0 Å². The molecule has 1 N–H and O–H groups in total. The number of halogens is 2. The van der Waals surface area contributed by atoms with E-state index in [2.05, 4.69) is 0 Å². The first kappa shape index (κ1) is 20.5. The van der Waals surface area contributed by atoms with E-state index in [1.54, 1.807) is 23.1 Å². The summed E-state index contributed by atoms with van der Waals surface area (Å²) in [5, 5.41) is 11.1. The highest BCUT2D eigenvalue weighted by Crippen LogP contribution is 2.35. The molecule has 0 bridgehead atoms. The predicted octanol–water partition coefficient (Wildman–Crippen LogP) is 2.67. The molecule has 1 fully saturated rings. The Kier molecular flexibility index (Phi) is 5.34. The lowest BCUT2D eigenvalue weighted by Crippen LogP contribution is -2.47. The molecular formula is C22H20ClFN2O4. The van der Waals surface area contributed by atoms with Crippen molar-refractivity contribution in [3.8, 4) is 0 Å². The SMILES string of the molecule is O=CN1CCc2cc(N3CC[C@](O)(C(=O)CCc4cc(F)cc(Cl)c4)C3=O)ccc21. The average Bonchev–Trinajstić information content (AvgIpc) is 3.26. The van der Waals surface area contributed by atoms with E-state index >= 15 is 0 Å². The van der Waals surface area contributed by atoms with Gasteiger partial charge >= 0.3 is 0 Å². The van der Waals surface area contributed by atoms with E-state index < -0.39 is 23.1 Å². The first-order valence-electron chi connectivity index (χ1n) is 9.69. The van der Waals surface area contributed by atoms with Crippen LogP contribution in [0.3, 0.4) is 0 Å². The maximum atomic E-state index is 13.5. The van der Waals surface area contributed by atoms with Crippen LogP contribution in [0.2, 0.25) is 5.02 Å². The van der Waals surface area contributed by atoms with Gasteiger partial charge in [0.15, 0.2) is 5.78 Å². The van der Waals surface area contributed by atoms with Gasteiger partial charge in [0.2, 0.25) is 12.0 Å². The van der Waals surface area contributed by atoms with Gasteiger partial charge in [0.05, 0.1) is 0 Å². The minimum atomic E-state index is -2.09. The van der Waals surface area contributed by atoms with Gasteiger partial charge < -0.3 is 14.9 Å². The van der Waals surface area contributed by atoms with E-state index in [-0.39, 0.29) is 30.8 Å². The Morgan fingerprint density at radius 1 is 1.23 bits per heavy atom. The highest BCUT2D eigenvalue weighted by atomic mass is 35.5. The number of rotatable bonds is 6. The summed E-state index contributed by atoms with van der Waals surface area (Å²) in [5.74, 6) is -1.75. The fraction of sp³-hybridized carbons (Fsp3) is 0.318. The molecule has 1 saturated heterocycles. The summed E-state index contributed by atoms with van der Waals surface area (Å²) in [7, 11) is 0. The van der Waals surface area contributed by atoms with Crippen molar-refractivity contribution in [1.82, 2.24) is 0 Å². The monoisotopic (exact) mass is 430 g/mol. The molecule has 2 heterocycles. The van der Waals surface area contributed by atoms with Crippen molar-refractivity contribution in [1.29, 1.82) is 0 Å². The highest BCUT2D eigenvalue weighted by molar-refractivity contribution is 6.30. The predicted molar refractivity (Wildman–Crippen MR) is 110 cm³/mol. The quantitative estimate of drug-likeness (QED) is 0.564. The third kappa shape index (κ3) is 3.59. The van der Waals surface area contributed by atoms with E-state index in [4.69, 9.17) is 11.6 Å². The second-order valence-corrected chi connectivity index (χ2v) is 8.07. The molecule has 0 radical (unpaired) electrons. The molecule has 1 atom stereocenters. The van der Waals surface area contributed by atoms with E-state index in [1.165, 1.54) is 17.0 Å². The van der Waals surface area contributed by atoms with E-state index in [0.29, 0.717) is 24.2 Å². The number of nitrogens with zero attached hydrogens (tertiary/aromatic N) is 2. The summed E-state index contributed by atoms with van der Waals surface area (Å²) in [6.45, 7) is 0.797.